The van der Waals surface area contributed by atoms with E-state index in [0.29, 0.717) is 60.0 Å². The second kappa shape index (κ2) is 11.5. The molecule has 0 fully saturated rings. The molecule has 0 saturated heterocycles. The molecule has 5 aromatic rings. The zero-order chi connectivity index (χ0) is 30.4. The van der Waals surface area contributed by atoms with E-state index in [1.54, 1.807) is 24.3 Å². The molecule has 0 spiro atoms. The molecule has 220 valence electrons. The Bertz CT molecular complexity index is 1870. The molecule has 7 rings (SSSR count). The normalized spacial score (nSPS) is 15.0. The highest BCUT2D eigenvalue weighted by atomic mass is 35.5. The summed E-state index contributed by atoms with van der Waals surface area (Å²) in [5, 5.41) is 21.7. The maximum atomic E-state index is 13.9. The number of phenolic OH excluding ortho intramolecular Hbond substituents is 1. The van der Waals surface area contributed by atoms with Gasteiger partial charge in [-0.05, 0) is 66.4 Å². The summed E-state index contributed by atoms with van der Waals surface area (Å²) in [4.78, 5) is 22.5. The van der Waals surface area contributed by atoms with Gasteiger partial charge in [0.25, 0.3) is 0 Å². The highest BCUT2D eigenvalue weighted by molar-refractivity contribution is 7.22. The number of carboxylic acids is 1. The fourth-order valence-electron chi connectivity index (χ4n) is 5.11. The number of benzene rings is 3. The van der Waals surface area contributed by atoms with E-state index < -0.39 is 17.9 Å². The molecule has 0 amide bonds. The van der Waals surface area contributed by atoms with Crippen molar-refractivity contribution in [3.05, 3.63) is 81.3 Å². The van der Waals surface area contributed by atoms with Gasteiger partial charge < -0.3 is 24.4 Å². The maximum absolute atomic E-state index is 13.9. The summed E-state index contributed by atoms with van der Waals surface area (Å²) in [6.07, 6.45) is -0.331. The minimum atomic E-state index is -1.43. The third-order valence-corrected chi connectivity index (χ3v) is 9.26. The Kier molecular flexibility index (Phi) is 7.76. The summed E-state index contributed by atoms with van der Waals surface area (Å²) in [7, 11) is 0. The third kappa shape index (κ3) is 5.30. The molecule has 4 bridgehead atoms. The van der Waals surface area contributed by atoms with E-state index in [1.165, 1.54) is 35.9 Å². The predicted molar refractivity (Wildman–Crippen MR) is 163 cm³/mol. The number of phenols is 1. The number of carbonyl (C=O) groups is 1. The average Bonchev–Trinajstić information content (AvgIpc) is 3.37. The lowest BCUT2D eigenvalue weighted by atomic mass is 9.92. The number of carboxylic acid groups (broad SMARTS) is 1. The highest BCUT2D eigenvalue weighted by Crippen LogP contribution is 2.52. The summed E-state index contributed by atoms with van der Waals surface area (Å²) < 4.78 is 31.8. The van der Waals surface area contributed by atoms with E-state index in [4.69, 9.17) is 37.4 Å². The minimum Gasteiger partial charge on any atom is -0.508 e. The number of hydrogen-bond donors (Lipinski definition) is 2. The molecular formula is C31H23Cl2FN2O6S. The predicted octanol–water partition coefficient (Wildman–Crippen LogP) is 7.64. The number of fused-ring (bicyclic) bond motifs is 7. The third-order valence-electron chi connectivity index (χ3n) is 7.20. The van der Waals surface area contributed by atoms with Crippen molar-refractivity contribution in [3.63, 3.8) is 0 Å². The first-order valence-corrected chi connectivity index (χ1v) is 14.7. The van der Waals surface area contributed by atoms with Crippen LogP contribution < -0.4 is 14.2 Å². The molecule has 0 radical (unpaired) electrons. The molecule has 0 aliphatic carbocycles. The van der Waals surface area contributed by atoms with Crippen LogP contribution in [-0.2, 0) is 11.2 Å². The Morgan fingerprint density at radius 1 is 1.00 bits per heavy atom. The number of halogens is 3. The molecule has 0 saturated carbocycles. The van der Waals surface area contributed by atoms with Crippen LogP contribution in [-0.4, -0.2) is 45.5 Å². The van der Waals surface area contributed by atoms with Gasteiger partial charge in [0.1, 0.15) is 41.7 Å². The second-order valence-corrected chi connectivity index (χ2v) is 11.6. The first kappa shape index (κ1) is 29.0. The smallest absolute Gasteiger partial charge is 0.345 e. The van der Waals surface area contributed by atoms with Crippen LogP contribution in [0.25, 0.3) is 31.8 Å². The summed E-state index contributed by atoms with van der Waals surface area (Å²) in [6, 6.07) is 10.5. The van der Waals surface area contributed by atoms with Crippen molar-refractivity contribution in [2.45, 2.75) is 26.4 Å². The molecule has 2 N–H and O–H groups in total. The Morgan fingerprint density at radius 2 is 1.70 bits per heavy atom. The van der Waals surface area contributed by atoms with Gasteiger partial charge in [-0.1, -0.05) is 35.3 Å². The lowest BCUT2D eigenvalue weighted by molar-refractivity contribution is -0.145. The van der Waals surface area contributed by atoms with Gasteiger partial charge in [-0.2, -0.15) is 0 Å². The largest absolute Gasteiger partial charge is 0.508 e. The van der Waals surface area contributed by atoms with Gasteiger partial charge in [-0.25, -0.2) is 19.2 Å². The molecule has 3 aromatic carbocycles. The highest BCUT2D eigenvalue weighted by Gasteiger charge is 2.30. The van der Waals surface area contributed by atoms with Gasteiger partial charge in [-0.3, -0.25) is 0 Å². The summed E-state index contributed by atoms with van der Waals surface area (Å²) >= 11 is 15.1. The van der Waals surface area contributed by atoms with Crippen molar-refractivity contribution in [2.24, 2.45) is 0 Å². The number of hydrogen-bond acceptors (Lipinski definition) is 8. The van der Waals surface area contributed by atoms with E-state index in [-0.39, 0.29) is 41.3 Å². The molecule has 2 aliphatic heterocycles. The van der Waals surface area contributed by atoms with Gasteiger partial charge in [-0.15, -0.1) is 11.3 Å². The molecule has 4 heterocycles. The number of thiophene rings is 1. The van der Waals surface area contributed by atoms with E-state index >= 15 is 0 Å². The average molecular weight is 642 g/mol. The van der Waals surface area contributed by atoms with E-state index in [2.05, 4.69) is 9.97 Å². The zero-order valence-corrected chi connectivity index (χ0v) is 25.1. The summed E-state index contributed by atoms with van der Waals surface area (Å²) in [5.41, 5.74) is 3.55. The number of nitrogens with zero attached hydrogens (tertiary/aromatic N) is 2. The zero-order valence-electron chi connectivity index (χ0n) is 22.8. The van der Waals surface area contributed by atoms with E-state index in [0.717, 1.165) is 0 Å². The van der Waals surface area contributed by atoms with Crippen LogP contribution in [0.3, 0.4) is 0 Å². The van der Waals surface area contributed by atoms with Crippen molar-refractivity contribution in [3.8, 4) is 44.7 Å². The van der Waals surface area contributed by atoms with E-state index in [9.17, 15) is 19.4 Å². The van der Waals surface area contributed by atoms with Crippen LogP contribution in [0.5, 0.6) is 23.1 Å². The molecule has 43 heavy (non-hydrogen) atoms. The maximum Gasteiger partial charge on any atom is 0.345 e. The van der Waals surface area contributed by atoms with Crippen molar-refractivity contribution < 1.29 is 33.6 Å². The van der Waals surface area contributed by atoms with Gasteiger partial charge in [0.2, 0.25) is 12.0 Å². The molecule has 2 aliphatic rings. The van der Waals surface area contributed by atoms with Crippen molar-refractivity contribution >= 4 is 50.7 Å². The number of aromatic nitrogens is 2. The SMILES string of the molecule is Cc1c(Cl)c2c(Cl)c(C)c1-c1c(-c3ccc(F)cc3)sc3ncnc(c13)O[C@@H](C(=O)O)Cc1cc(ccc1O)OCCO2. The van der Waals surface area contributed by atoms with Gasteiger partial charge >= 0.3 is 5.97 Å². The molecule has 0 unspecified atom stereocenters. The number of aliphatic carboxylic acids is 1. The monoisotopic (exact) mass is 640 g/mol. The topological polar surface area (TPSA) is 111 Å². The van der Waals surface area contributed by atoms with Gasteiger partial charge in [0.15, 0.2) is 5.75 Å². The van der Waals surface area contributed by atoms with Crippen LogP contribution in [0, 0.1) is 19.7 Å². The fourth-order valence-corrected chi connectivity index (χ4v) is 6.79. The first-order valence-electron chi connectivity index (χ1n) is 13.1. The van der Waals surface area contributed by atoms with Gasteiger partial charge in [0.05, 0.1) is 15.4 Å². The van der Waals surface area contributed by atoms with Crippen molar-refractivity contribution in [1.82, 2.24) is 9.97 Å². The lowest BCUT2D eigenvalue weighted by Crippen LogP contribution is -2.30. The van der Waals surface area contributed by atoms with Crippen LogP contribution in [0.2, 0.25) is 10.0 Å². The minimum absolute atomic E-state index is 0.0135. The van der Waals surface area contributed by atoms with E-state index in [1.807, 2.05) is 13.8 Å². The summed E-state index contributed by atoms with van der Waals surface area (Å²) in [5.74, 6) is -1.06. The second-order valence-electron chi connectivity index (χ2n) is 9.89. The molecular weight excluding hydrogens is 618 g/mol. The molecule has 8 nitrogen and oxygen atoms in total. The Hall–Kier alpha value is -4.12. The quantitative estimate of drug-likeness (QED) is 0.202. The number of ether oxygens (including phenoxy) is 3. The van der Waals surface area contributed by atoms with Crippen LogP contribution >= 0.6 is 34.5 Å². The Labute approximate surface area is 259 Å². The molecule has 2 aromatic heterocycles. The van der Waals surface area contributed by atoms with Crippen LogP contribution in [0.15, 0.2) is 48.8 Å². The number of aromatic hydroxyl groups is 1. The first-order chi connectivity index (χ1) is 20.6. The van der Waals surface area contributed by atoms with Crippen molar-refractivity contribution in [2.75, 3.05) is 13.2 Å². The van der Waals surface area contributed by atoms with Crippen LogP contribution in [0.4, 0.5) is 4.39 Å². The van der Waals surface area contributed by atoms with Crippen molar-refractivity contribution in [1.29, 1.82) is 0 Å². The molecule has 1 atom stereocenters. The molecule has 12 heteroatoms. The Balaban J connectivity index is 1.66. The summed E-state index contributed by atoms with van der Waals surface area (Å²) in [6.45, 7) is 3.88. The van der Waals surface area contributed by atoms with Crippen LogP contribution in [0.1, 0.15) is 16.7 Å². The Morgan fingerprint density at radius 3 is 2.40 bits per heavy atom. The lowest BCUT2D eigenvalue weighted by Gasteiger charge is -2.20. The van der Waals surface area contributed by atoms with Gasteiger partial charge in [0, 0.05) is 22.4 Å². The standard InChI is InChI=1S/C31H23Cl2FN2O6S/c1-14-22-15(2)26(33)27(25(14)32)41-10-9-40-19-7-8-20(37)17(11-19)12-21(31(38)39)42-29-24-23(22)28(43-30(24)36-13-35-29)16-3-5-18(34)6-4-16/h3-8,11,13,21,37H,9-10,12H2,1-2H3,(H,38,39)/t21-/m1/s1. The fraction of sp³-hybridized carbons (Fsp3) is 0.194. The number of rotatable bonds is 2.